The number of Topliss-reactive ketones (excluding diaryl/α,β-unsaturated/α-hetero) is 1. The molecule has 16 heavy (non-hydrogen) atoms. The lowest BCUT2D eigenvalue weighted by atomic mass is 10.1. The predicted octanol–water partition coefficient (Wildman–Crippen LogP) is 2.45. The number of hydrogen-bond donors (Lipinski definition) is 1. The summed E-state index contributed by atoms with van der Waals surface area (Å²) in [4.78, 5) is 14.7. The summed E-state index contributed by atoms with van der Waals surface area (Å²) in [6.45, 7) is 0. The number of aromatic nitrogens is 1. The monoisotopic (exact) mass is 215 g/mol. The van der Waals surface area contributed by atoms with Crippen LogP contribution in [0.3, 0.4) is 0 Å². The van der Waals surface area contributed by atoms with E-state index in [9.17, 15) is 4.79 Å². The van der Waals surface area contributed by atoms with E-state index in [0.717, 1.165) is 11.3 Å². The second-order valence-corrected chi connectivity index (χ2v) is 3.54. The van der Waals surface area contributed by atoms with Crippen LogP contribution in [0.2, 0.25) is 0 Å². The van der Waals surface area contributed by atoms with Crippen molar-refractivity contribution in [1.29, 1.82) is 0 Å². The minimum atomic E-state index is 0.0817. The third-order valence-electron chi connectivity index (χ3n) is 2.40. The van der Waals surface area contributed by atoms with Crippen molar-refractivity contribution in [2.45, 2.75) is 6.42 Å². The molecule has 0 aliphatic rings. The van der Waals surface area contributed by atoms with E-state index in [4.69, 9.17) is 4.74 Å². The zero-order valence-electron chi connectivity index (χ0n) is 9.07. The minimum Gasteiger partial charge on any atom is -0.497 e. The van der Waals surface area contributed by atoms with E-state index < -0.39 is 0 Å². The first-order valence-electron chi connectivity index (χ1n) is 5.09. The van der Waals surface area contributed by atoms with Crippen molar-refractivity contribution in [1.82, 2.24) is 4.98 Å². The van der Waals surface area contributed by atoms with Crippen molar-refractivity contribution in [2.24, 2.45) is 0 Å². The van der Waals surface area contributed by atoms with Gasteiger partial charge in [0.2, 0.25) is 0 Å². The Morgan fingerprint density at radius 2 is 2.19 bits per heavy atom. The Morgan fingerprint density at radius 1 is 1.31 bits per heavy atom. The highest BCUT2D eigenvalue weighted by Crippen LogP contribution is 2.14. The SMILES string of the molecule is COc1cccc(CC(=O)c2ccc[nH]2)c1. The van der Waals surface area contributed by atoms with Gasteiger partial charge in [-0.05, 0) is 29.8 Å². The van der Waals surface area contributed by atoms with Gasteiger partial charge >= 0.3 is 0 Å². The van der Waals surface area contributed by atoms with Gasteiger partial charge in [0.1, 0.15) is 5.75 Å². The van der Waals surface area contributed by atoms with Crippen LogP contribution in [0.5, 0.6) is 5.75 Å². The zero-order chi connectivity index (χ0) is 11.4. The van der Waals surface area contributed by atoms with Gasteiger partial charge in [0.25, 0.3) is 0 Å². The lowest BCUT2D eigenvalue weighted by molar-refractivity contribution is 0.0989. The van der Waals surface area contributed by atoms with Crippen LogP contribution in [0.15, 0.2) is 42.6 Å². The lowest BCUT2D eigenvalue weighted by Crippen LogP contribution is -2.03. The summed E-state index contributed by atoms with van der Waals surface area (Å²) < 4.78 is 5.11. The summed E-state index contributed by atoms with van der Waals surface area (Å²) in [6.07, 6.45) is 2.14. The average Bonchev–Trinajstić information content (AvgIpc) is 2.83. The predicted molar refractivity (Wildman–Crippen MR) is 61.8 cm³/mol. The number of ether oxygens (including phenoxy) is 1. The van der Waals surface area contributed by atoms with E-state index in [1.807, 2.05) is 30.3 Å². The molecule has 1 aromatic carbocycles. The molecule has 0 saturated heterocycles. The van der Waals surface area contributed by atoms with Gasteiger partial charge in [-0.25, -0.2) is 0 Å². The molecule has 1 heterocycles. The summed E-state index contributed by atoms with van der Waals surface area (Å²) in [7, 11) is 1.62. The van der Waals surface area contributed by atoms with Crippen LogP contribution in [-0.4, -0.2) is 17.9 Å². The number of carbonyl (C=O) groups excluding carboxylic acids is 1. The molecule has 82 valence electrons. The molecule has 0 atom stereocenters. The molecular weight excluding hydrogens is 202 g/mol. The van der Waals surface area contributed by atoms with Gasteiger partial charge in [-0.3, -0.25) is 4.79 Å². The van der Waals surface area contributed by atoms with Crippen LogP contribution < -0.4 is 4.74 Å². The largest absolute Gasteiger partial charge is 0.497 e. The Balaban J connectivity index is 2.12. The molecule has 0 fully saturated rings. The number of ketones is 1. The van der Waals surface area contributed by atoms with Crippen LogP contribution in [0.1, 0.15) is 16.1 Å². The first kappa shape index (κ1) is 10.5. The Bertz CT molecular complexity index is 474. The molecular formula is C13H13NO2. The van der Waals surface area contributed by atoms with Gasteiger partial charge in [-0.15, -0.1) is 0 Å². The Labute approximate surface area is 94.1 Å². The fourth-order valence-electron chi connectivity index (χ4n) is 1.57. The van der Waals surface area contributed by atoms with Crippen molar-refractivity contribution in [3.8, 4) is 5.75 Å². The standard InChI is InChI=1S/C13H13NO2/c1-16-11-5-2-4-10(8-11)9-13(15)12-6-3-7-14-12/h2-8,14H,9H2,1H3. The maximum atomic E-state index is 11.8. The molecule has 0 aliphatic heterocycles. The second kappa shape index (κ2) is 4.66. The first-order valence-corrected chi connectivity index (χ1v) is 5.09. The van der Waals surface area contributed by atoms with Crippen molar-refractivity contribution in [2.75, 3.05) is 7.11 Å². The molecule has 0 amide bonds. The van der Waals surface area contributed by atoms with Gasteiger partial charge in [0.05, 0.1) is 12.8 Å². The van der Waals surface area contributed by atoms with Crippen molar-refractivity contribution in [3.05, 3.63) is 53.9 Å². The van der Waals surface area contributed by atoms with E-state index in [1.54, 1.807) is 19.4 Å². The Hall–Kier alpha value is -2.03. The molecule has 2 aromatic rings. The highest BCUT2D eigenvalue weighted by Gasteiger charge is 2.07. The van der Waals surface area contributed by atoms with Crippen LogP contribution >= 0.6 is 0 Å². The van der Waals surface area contributed by atoms with Gasteiger partial charge in [-0.2, -0.15) is 0 Å². The molecule has 1 aromatic heterocycles. The van der Waals surface area contributed by atoms with E-state index in [-0.39, 0.29) is 5.78 Å². The molecule has 0 aliphatic carbocycles. The summed E-state index contributed by atoms with van der Waals surface area (Å²) in [5, 5.41) is 0. The summed E-state index contributed by atoms with van der Waals surface area (Å²) in [5.74, 6) is 0.857. The van der Waals surface area contributed by atoms with Crippen molar-refractivity contribution in [3.63, 3.8) is 0 Å². The molecule has 1 N–H and O–H groups in total. The van der Waals surface area contributed by atoms with Gasteiger partial charge in [0, 0.05) is 12.6 Å². The molecule has 0 bridgehead atoms. The fraction of sp³-hybridized carbons (Fsp3) is 0.154. The van der Waals surface area contributed by atoms with Crippen LogP contribution in [0, 0.1) is 0 Å². The van der Waals surface area contributed by atoms with E-state index in [1.165, 1.54) is 0 Å². The fourth-order valence-corrected chi connectivity index (χ4v) is 1.57. The number of nitrogens with one attached hydrogen (secondary N) is 1. The summed E-state index contributed by atoms with van der Waals surface area (Å²) in [5.41, 5.74) is 1.60. The first-order chi connectivity index (χ1) is 7.79. The highest BCUT2D eigenvalue weighted by atomic mass is 16.5. The molecule has 2 rings (SSSR count). The van der Waals surface area contributed by atoms with Crippen molar-refractivity contribution >= 4 is 5.78 Å². The third-order valence-corrected chi connectivity index (χ3v) is 2.40. The summed E-state index contributed by atoms with van der Waals surface area (Å²) in [6, 6.07) is 11.1. The van der Waals surface area contributed by atoms with Crippen LogP contribution in [0.4, 0.5) is 0 Å². The quantitative estimate of drug-likeness (QED) is 0.796. The lowest BCUT2D eigenvalue weighted by Gasteiger charge is -2.03. The molecule has 3 heteroatoms. The van der Waals surface area contributed by atoms with Crippen LogP contribution in [0.25, 0.3) is 0 Å². The molecule has 0 saturated carbocycles. The number of methoxy groups -OCH3 is 1. The van der Waals surface area contributed by atoms with Gasteiger partial charge in [-0.1, -0.05) is 12.1 Å². The number of aromatic amines is 1. The number of benzene rings is 1. The van der Waals surface area contributed by atoms with Crippen molar-refractivity contribution < 1.29 is 9.53 Å². The molecule has 0 unspecified atom stereocenters. The summed E-state index contributed by atoms with van der Waals surface area (Å²) >= 11 is 0. The number of rotatable bonds is 4. The smallest absolute Gasteiger partial charge is 0.183 e. The normalized spacial score (nSPS) is 10.1. The average molecular weight is 215 g/mol. The molecule has 0 radical (unpaired) electrons. The maximum Gasteiger partial charge on any atom is 0.183 e. The minimum absolute atomic E-state index is 0.0817. The Morgan fingerprint density at radius 3 is 2.88 bits per heavy atom. The third kappa shape index (κ3) is 2.31. The number of carbonyl (C=O) groups is 1. The topological polar surface area (TPSA) is 42.1 Å². The van der Waals surface area contributed by atoms with Crippen LogP contribution in [-0.2, 0) is 6.42 Å². The maximum absolute atomic E-state index is 11.8. The second-order valence-electron chi connectivity index (χ2n) is 3.54. The highest BCUT2D eigenvalue weighted by molar-refractivity contribution is 5.95. The Kier molecular flexibility index (Phi) is 3.05. The van der Waals surface area contributed by atoms with E-state index in [0.29, 0.717) is 12.1 Å². The van der Waals surface area contributed by atoms with Gasteiger partial charge in [0.15, 0.2) is 5.78 Å². The van der Waals surface area contributed by atoms with E-state index >= 15 is 0 Å². The molecule has 3 nitrogen and oxygen atoms in total. The zero-order valence-corrected chi connectivity index (χ0v) is 9.07. The number of hydrogen-bond acceptors (Lipinski definition) is 2. The van der Waals surface area contributed by atoms with E-state index in [2.05, 4.69) is 4.98 Å². The van der Waals surface area contributed by atoms with Gasteiger partial charge < -0.3 is 9.72 Å². The molecule has 0 spiro atoms. The number of H-pyrrole nitrogens is 1.